The number of H-pyrrole nitrogens is 1. The Hall–Kier alpha value is -2.63. The SMILES string of the molecule is CCN1CCC[C@@H]1CNC(=O)c1ccc(-c2cc(-c3ccc(Cl)cc3)[nH]n2)cc1. The Morgan fingerprint density at radius 2 is 1.90 bits per heavy atom. The Labute approximate surface area is 176 Å². The van der Waals surface area contributed by atoms with Gasteiger partial charge in [-0.2, -0.15) is 5.10 Å². The zero-order valence-electron chi connectivity index (χ0n) is 16.5. The highest BCUT2D eigenvalue weighted by Crippen LogP contribution is 2.25. The molecule has 0 saturated carbocycles. The number of hydrogen-bond acceptors (Lipinski definition) is 3. The fraction of sp³-hybridized carbons (Fsp3) is 0.304. The van der Waals surface area contributed by atoms with E-state index in [1.54, 1.807) is 0 Å². The highest BCUT2D eigenvalue weighted by Gasteiger charge is 2.23. The highest BCUT2D eigenvalue weighted by molar-refractivity contribution is 6.30. The maximum atomic E-state index is 12.5. The molecule has 3 aromatic rings. The molecule has 1 aliphatic rings. The summed E-state index contributed by atoms with van der Waals surface area (Å²) in [6.45, 7) is 5.05. The van der Waals surface area contributed by atoms with Crippen LogP contribution in [0.2, 0.25) is 5.02 Å². The molecule has 1 fully saturated rings. The van der Waals surface area contributed by atoms with E-state index >= 15 is 0 Å². The van der Waals surface area contributed by atoms with E-state index < -0.39 is 0 Å². The van der Waals surface area contributed by atoms with Gasteiger partial charge in [-0.25, -0.2) is 0 Å². The molecule has 0 radical (unpaired) electrons. The topological polar surface area (TPSA) is 61.0 Å². The predicted molar refractivity (Wildman–Crippen MR) is 117 cm³/mol. The van der Waals surface area contributed by atoms with Gasteiger partial charge in [-0.3, -0.25) is 14.8 Å². The molecule has 1 aromatic heterocycles. The van der Waals surface area contributed by atoms with Gasteiger partial charge in [0.15, 0.2) is 0 Å². The van der Waals surface area contributed by atoms with Crippen molar-refractivity contribution < 1.29 is 4.79 Å². The summed E-state index contributed by atoms with van der Waals surface area (Å²) >= 11 is 5.95. The summed E-state index contributed by atoms with van der Waals surface area (Å²) in [5, 5.41) is 11.3. The number of carbonyl (C=O) groups is 1. The maximum absolute atomic E-state index is 12.5. The molecular weight excluding hydrogens is 384 g/mol. The molecule has 6 heteroatoms. The number of carbonyl (C=O) groups excluding carboxylic acids is 1. The smallest absolute Gasteiger partial charge is 0.251 e. The summed E-state index contributed by atoms with van der Waals surface area (Å²) in [6, 6.07) is 17.7. The molecule has 0 spiro atoms. The molecule has 29 heavy (non-hydrogen) atoms. The second kappa shape index (κ2) is 8.80. The van der Waals surface area contributed by atoms with Crippen LogP contribution >= 0.6 is 11.6 Å². The van der Waals surface area contributed by atoms with Crippen LogP contribution < -0.4 is 5.32 Å². The van der Waals surface area contributed by atoms with Gasteiger partial charge in [-0.1, -0.05) is 42.8 Å². The molecule has 1 aliphatic heterocycles. The molecule has 5 nitrogen and oxygen atoms in total. The number of likely N-dealkylation sites (tertiary alicyclic amines) is 1. The zero-order chi connectivity index (χ0) is 20.2. The van der Waals surface area contributed by atoms with E-state index in [4.69, 9.17) is 11.6 Å². The lowest BCUT2D eigenvalue weighted by Gasteiger charge is -2.22. The van der Waals surface area contributed by atoms with Crippen LogP contribution in [0.15, 0.2) is 54.6 Å². The first-order valence-corrected chi connectivity index (χ1v) is 10.5. The Balaban J connectivity index is 1.40. The van der Waals surface area contributed by atoms with Crippen molar-refractivity contribution >= 4 is 17.5 Å². The number of benzene rings is 2. The van der Waals surface area contributed by atoms with E-state index in [-0.39, 0.29) is 5.91 Å². The van der Waals surface area contributed by atoms with E-state index in [2.05, 4.69) is 27.3 Å². The quantitative estimate of drug-likeness (QED) is 0.626. The second-order valence-corrected chi connectivity index (χ2v) is 7.82. The van der Waals surface area contributed by atoms with Gasteiger partial charge in [-0.05, 0) is 61.8 Å². The zero-order valence-corrected chi connectivity index (χ0v) is 17.2. The molecule has 1 atom stereocenters. The molecule has 150 valence electrons. The third-order valence-electron chi connectivity index (χ3n) is 5.58. The van der Waals surface area contributed by atoms with Crippen molar-refractivity contribution in [2.24, 2.45) is 0 Å². The number of likely N-dealkylation sites (N-methyl/N-ethyl adjacent to an activating group) is 1. The van der Waals surface area contributed by atoms with Crippen LogP contribution in [0.4, 0.5) is 0 Å². The first kappa shape index (κ1) is 19.7. The minimum Gasteiger partial charge on any atom is -0.350 e. The number of halogens is 1. The van der Waals surface area contributed by atoms with Crippen molar-refractivity contribution in [1.82, 2.24) is 20.4 Å². The normalized spacial score (nSPS) is 16.8. The number of aromatic amines is 1. The number of amides is 1. The van der Waals surface area contributed by atoms with E-state index in [1.165, 1.54) is 6.42 Å². The van der Waals surface area contributed by atoms with E-state index in [1.807, 2.05) is 54.6 Å². The van der Waals surface area contributed by atoms with Gasteiger partial charge < -0.3 is 5.32 Å². The average Bonchev–Trinajstić information content (AvgIpc) is 3.42. The van der Waals surface area contributed by atoms with Crippen molar-refractivity contribution in [2.75, 3.05) is 19.6 Å². The van der Waals surface area contributed by atoms with Crippen molar-refractivity contribution in [1.29, 1.82) is 0 Å². The highest BCUT2D eigenvalue weighted by atomic mass is 35.5. The van der Waals surface area contributed by atoms with Crippen LogP contribution in [0.25, 0.3) is 22.5 Å². The lowest BCUT2D eigenvalue weighted by atomic mass is 10.1. The Morgan fingerprint density at radius 3 is 2.62 bits per heavy atom. The number of nitrogens with zero attached hydrogens (tertiary/aromatic N) is 2. The predicted octanol–water partition coefficient (Wildman–Crippen LogP) is 4.61. The Bertz CT molecular complexity index is 965. The molecule has 2 N–H and O–H groups in total. The van der Waals surface area contributed by atoms with Crippen LogP contribution in [0.5, 0.6) is 0 Å². The largest absolute Gasteiger partial charge is 0.350 e. The third-order valence-corrected chi connectivity index (χ3v) is 5.83. The summed E-state index contributed by atoms with van der Waals surface area (Å²) in [7, 11) is 0. The first-order chi connectivity index (χ1) is 14.1. The van der Waals surface area contributed by atoms with Crippen LogP contribution in [0.1, 0.15) is 30.1 Å². The van der Waals surface area contributed by atoms with Crippen LogP contribution in [0.3, 0.4) is 0 Å². The summed E-state index contributed by atoms with van der Waals surface area (Å²) in [4.78, 5) is 14.9. The summed E-state index contributed by atoms with van der Waals surface area (Å²) in [5.41, 5.74) is 4.42. The molecule has 2 aromatic carbocycles. The number of aromatic nitrogens is 2. The summed E-state index contributed by atoms with van der Waals surface area (Å²) < 4.78 is 0. The maximum Gasteiger partial charge on any atom is 0.251 e. The Kier molecular flexibility index (Phi) is 5.97. The molecular formula is C23H25ClN4O. The van der Waals surface area contributed by atoms with Crippen LogP contribution in [-0.4, -0.2) is 46.7 Å². The van der Waals surface area contributed by atoms with Gasteiger partial charge in [0.25, 0.3) is 5.91 Å². The number of rotatable bonds is 6. The molecule has 1 amide bonds. The molecule has 0 bridgehead atoms. The van der Waals surface area contributed by atoms with Crippen molar-refractivity contribution in [2.45, 2.75) is 25.8 Å². The monoisotopic (exact) mass is 408 g/mol. The molecule has 2 heterocycles. The van der Waals surface area contributed by atoms with Gasteiger partial charge in [0.1, 0.15) is 0 Å². The number of nitrogens with one attached hydrogen (secondary N) is 2. The van der Waals surface area contributed by atoms with Gasteiger partial charge in [0.05, 0.1) is 11.4 Å². The van der Waals surface area contributed by atoms with Gasteiger partial charge >= 0.3 is 0 Å². The van der Waals surface area contributed by atoms with E-state index in [0.29, 0.717) is 23.2 Å². The minimum absolute atomic E-state index is 0.0246. The summed E-state index contributed by atoms with van der Waals surface area (Å²) in [5.74, 6) is -0.0246. The van der Waals surface area contributed by atoms with Gasteiger partial charge in [-0.15, -0.1) is 0 Å². The van der Waals surface area contributed by atoms with Crippen molar-refractivity contribution in [3.05, 3.63) is 65.2 Å². The van der Waals surface area contributed by atoms with Crippen molar-refractivity contribution in [3.63, 3.8) is 0 Å². The first-order valence-electron chi connectivity index (χ1n) is 10.1. The molecule has 0 unspecified atom stereocenters. The average molecular weight is 409 g/mol. The van der Waals surface area contributed by atoms with E-state index in [0.717, 1.165) is 42.0 Å². The third kappa shape index (κ3) is 4.52. The lowest BCUT2D eigenvalue weighted by molar-refractivity contribution is 0.0941. The fourth-order valence-corrected chi connectivity index (χ4v) is 4.02. The van der Waals surface area contributed by atoms with Crippen LogP contribution in [0, 0.1) is 0 Å². The number of hydrogen-bond donors (Lipinski definition) is 2. The van der Waals surface area contributed by atoms with Gasteiger partial charge in [0, 0.05) is 28.7 Å². The second-order valence-electron chi connectivity index (χ2n) is 7.39. The van der Waals surface area contributed by atoms with Crippen molar-refractivity contribution in [3.8, 4) is 22.5 Å². The van der Waals surface area contributed by atoms with Crippen LogP contribution in [-0.2, 0) is 0 Å². The van der Waals surface area contributed by atoms with Gasteiger partial charge in [0.2, 0.25) is 0 Å². The molecule has 0 aliphatic carbocycles. The summed E-state index contributed by atoms with van der Waals surface area (Å²) in [6.07, 6.45) is 2.37. The molecule has 4 rings (SSSR count). The molecule has 1 saturated heterocycles. The Morgan fingerprint density at radius 1 is 1.17 bits per heavy atom. The fourth-order valence-electron chi connectivity index (χ4n) is 3.89. The van der Waals surface area contributed by atoms with E-state index in [9.17, 15) is 4.79 Å². The lowest BCUT2D eigenvalue weighted by Crippen LogP contribution is -2.40. The minimum atomic E-state index is -0.0246. The standard InChI is InChI=1S/C23H25ClN4O/c1-2-28-13-3-4-20(28)15-25-23(29)18-7-5-16(6-8-18)21-14-22(27-26-21)17-9-11-19(24)12-10-17/h5-12,14,20H,2-4,13,15H2,1H3,(H,25,29)(H,26,27)/t20-/m1/s1.